The van der Waals surface area contributed by atoms with E-state index in [1.165, 1.54) is 23.9 Å². The summed E-state index contributed by atoms with van der Waals surface area (Å²) in [6.07, 6.45) is 0.275. The lowest BCUT2D eigenvalue weighted by atomic mass is 10.1. The van der Waals surface area contributed by atoms with Gasteiger partial charge in [-0.25, -0.2) is 4.39 Å². The van der Waals surface area contributed by atoms with Gasteiger partial charge in [0.15, 0.2) is 5.82 Å². The summed E-state index contributed by atoms with van der Waals surface area (Å²) in [6, 6.07) is 11.8. The molecule has 32 heavy (non-hydrogen) atoms. The van der Waals surface area contributed by atoms with E-state index < -0.39 is 5.82 Å². The molecular formula is C21H17ClFN5O3S. The Balaban J connectivity index is 1.26. The number of hydrogen-bond donors (Lipinski definition) is 1. The number of hydrogen-bond acceptors (Lipinski definition) is 8. The standard InChI is InChI=1S/C21H17ClFN5O3S/c1-12-3-2-4-13(9-12)20-26-27-21(30-20)32-11-17-25-19(31-28-17)8-7-18(29)24-16-6-5-14(22)10-15(16)23/h2-6,9-10H,7-8,11H2,1H3,(H,24,29). The molecule has 1 amide bonds. The van der Waals surface area contributed by atoms with E-state index in [9.17, 15) is 9.18 Å². The van der Waals surface area contributed by atoms with Crippen LogP contribution in [0, 0.1) is 12.7 Å². The van der Waals surface area contributed by atoms with Gasteiger partial charge in [0.05, 0.1) is 11.4 Å². The van der Waals surface area contributed by atoms with Crippen molar-refractivity contribution >= 4 is 35.0 Å². The maximum Gasteiger partial charge on any atom is 0.277 e. The highest BCUT2D eigenvalue weighted by Gasteiger charge is 2.14. The van der Waals surface area contributed by atoms with Gasteiger partial charge in [0.25, 0.3) is 5.22 Å². The van der Waals surface area contributed by atoms with Gasteiger partial charge in [-0.2, -0.15) is 4.98 Å². The Hall–Kier alpha value is -3.24. The fraction of sp³-hybridized carbons (Fsp3) is 0.190. The molecule has 0 saturated carbocycles. The molecule has 0 fully saturated rings. The predicted octanol–water partition coefficient (Wildman–Crippen LogP) is 5.08. The van der Waals surface area contributed by atoms with Gasteiger partial charge < -0.3 is 14.3 Å². The molecule has 11 heteroatoms. The van der Waals surface area contributed by atoms with Crippen molar-refractivity contribution in [2.75, 3.05) is 5.32 Å². The molecule has 0 atom stereocenters. The number of aromatic nitrogens is 4. The molecule has 4 aromatic rings. The van der Waals surface area contributed by atoms with Gasteiger partial charge in [-0.3, -0.25) is 4.79 Å². The molecular weight excluding hydrogens is 457 g/mol. The molecule has 8 nitrogen and oxygen atoms in total. The highest BCUT2D eigenvalue weighted by atomic mass is 35.5. The van der Waals surface area contributed by atoms with Gasteiger partial charge >= 0.3 is 0 Å². The maximum atomic E-state index is 13.8. The summed E-state index contributed by atoms with van der Waals surface area (Å²) in [5.41, 5.74) is 2.01. The molecule has 0 aliphatic rings. The largest absolute Gasteiger partial charge is 0.411 e. The van der Waals surface area contributed by atoms with Crippen LogP contribution in [-0.2, 0) is 17.0 Å². The minimum Gasteiger partial charge on any atom is -0.411 e. The van der Waals surface area contributed by atoms with E-state index in [2.05, 4.69) is 25.7 Å². The topological polar surface area (TPSA) is 107 Å². The Morgan fingerprint density at radius 1 is 1.22 bits per heavy atom. The Morgan fingerprint density at radius 2 is 2.09 bits per heavy atom. The summed E-state index contributed by atoms with van der Waals surface area (Å²) in [4.78, 5) is 16.3. The molecule has 0 saturated heterocycles. The third kappa shape index (κ3) is 5.71. The van der Waals surface area contributed by atoms with Gasteiger partial charge in [-0.05, 0) is 37.3 Å². The zero-order chi connectivity index (χ0) is 22.5. The first-order chi connectivity index (χ1) is 15.5. The molecule has 1 N–H and O–H groups in total. The Labute approximate surface area is 191 Å². The predicted molar refractivity (Wildman–Crippen MR) is 117 cm³/mol. The number of rotatable bonds is 8. The number of amides is 1. The lowest BCUT2D eigenvalue weighted by Crippen LogP contribution is -2.13. The third-order valence-corrected chi connectivity index (χ3v) is 5.33. The first-order valence-electron chi connectivity index (χ1n) is 9.56. The third-order valence-electron chi connectivity index (χ3n) is 4.28. The van der Waals surface area contributed by atoms with E-state index in [0.29, 0.717) is 28.6 Å². The van der Waals surface area contributed by atoms with E-state index in [1.54, 1.807) is 0 Å². The fourth-order valence-corrected chi connectivity index (χ4v) is 3.53. The van der Waals surface area contributed by atoms with Crippen LogP contribution in [-0.4, -0.2) is 26.2 Å². The summed E-state index contributed by atoms with van der Waals surface area (Å²) < 4.78 is 24.6. The van der Waals surface area contributed by atoms with Crippen LogP contribution in [0.25, 0.3) is 11.5 Å². The Kier molecular flexibility index (Phi) is 6.81. The summed E-state index contributed by atoms with van der Waals surface area (Å²) in [5.74, 6) is 0.557. The number of nitrogens with zero attached hydrogens (tertiary/aromatic N) is 4. The molecule has 2 heterocycles. The number of thioether (sulfide) groups is 1. The fourth-order valence-electron chi connectivity index (χ4n) is 2.76. The average molecular weight is 474 g/mol. The molecule has 0 unspecified atom stereocenters. The molecule has 0 spiro atoms. The van der Waals surface area contributed by atoms with Crippen molar-refractivity contribution in [3.8, 4) is 11.5 Å². The van der Waals surface area contributed by atoms with Crippen molar-refractivity contribution in [3.63, 3.8) is 0 Å². The van der Waals surface area contributed by atoms with Crippen LogP contribution in [0.5, 0.6) is 0 Å². The first kappa shape index (κ1) is 22.0. The lowest BCUT2D eigenvalue weighted by Gasteiger charge is -2.05. The molecule has 164 valence electrons. The number of carbonyl (C=O) groups excluding carboxylic acids is 1. The van der Waals surface area contributed by atoms with Crippen molar-refractivity contribution in [1.29, 1.82) is 0 Å². The first-order valence-corrected chi connectivity index (χ1v) is 10.9. The van der Waals surface area contributed by atoms with Crippen LogP contribution in [0.3, 0.4) is 0 Å². The van der Waals surface area contributed by atoms with Crippen molar-refractivity contribution in [2.45, 2.75) is 30.7 Å². The van der Waals surface area contributed by atoms with E-state index in [1.807, 2.05) is 31.2 Å². The van der Waals surface area contributed by atoms with Crippen molar-refractivity contribution in [2.24, 2.45) is 0 Å². The number of carbonyl (C=O) groups is 1. The normalized spacial score (nSPS) is 11.0. The second-order valence-electron chi connectivity index (χ2n) is 6.81. The Morgan fingerprint density at radius 3 is 2.91 bits per heavy atom. The molecule has 0 bridgehead atoms. The molecule has 4 rings (SSSR count). The second kappa shape index (κ2) is 9.92. The SMILES string of the molecule is Cc1cccc(-c2nnc(SCc3noc(CCC(=O)Nc4ccc(Cl)cc4F)n3)o2)c1. The van der Waals surface area contributed by atoms with Gasteiger partial charge in [0.2, 0.25) is 17.7 Å². The molecule has 2 aromatic carbocycles. The van der Waals surface area contributed by atoms with Gasteiger partial charge in [0.1, 0.15) is 5.82 Å². The highest BCUT2D eigenvalue weighted by molar-refractivity contribution is 7.98. The van der Waals surface area contributed by atoms with E-state index in [4.69, 9.17) is 20.5 Å². The van der Waals surface area contributed by atoms with Crippen LogP contribution in [0.15, 0.2) is 56.6 Å². The number of benzene rings is 2. The van der Waals surface area contributed by atoms with E-state index in [0.717, 1.165) is 17.2 Å². The summed E-state index contributed by atoms with van der Waals surface area (Å²) in [5, 5.41) is 15.1. The monoisotopic (exact) mass is 473 g/mol. The summed E-state index contributed by atoms with van der Waals surface area (Å²) in [6.45, 7) is 1.99. The van der Waals surface area contributed by atoms with Gasteiger partial charge in [-0.15, -0.1) is 10.2 Å². The lowest BCUT2D eigenvalue weighted by molar-refractivity contribution is -0.116. The number of anilines is 1. The Bertz CT molecular complexity index is 1250. The van der Waals surface area contributed by atoms with Crippen LogP contribution < -0.4 is 5.32 Å². The van der Waals surface area contributed by atoms with Gasteiger partial charge in [-0.1, -0.05) is 46.2 Å². The molecule has 2 aromatic heterocycles. The van der Waals surface area contributed by atoms with Crippen LogP contribution in [0.4, 0.5) is 10.1 Å². The van der Waals surface area contributed by atoms with E-state index in [-0.39, 0.29) is 29.5 Å². The molecule has 0 aliphatic heterocycles. The van der Waals surface area contributed by atoms with Crippen molar-refractivity contribution in [3.05, 3.63) is 70.6 Å². The molecule has 0 radical (unpaired) electrons. The summed E-state index contributed by atoms with van der Waals surface area (Å²) >= 11 is 6.98. The van der Waals surface area contributed by atoms with Crippen LogP contribution >= 0.6 is 23.4 Å². The van der Waals surface area contributed by atoms with Crippen LogP contribution in [0.1, 0.15) is 23.7 Å². The minimum absolute atomic E-state index is 0.0559. The quantitative estimate of drug-likeness (QED) is 0.353. The number of aryl methyl sites for hydroxylation is 2. The molecule has 0 aliphatic carbocycles. The van der Waals surface area contributed by atoms with Crippen molar-refractivity contribution < 1.29 is 18.1 Å². The van der Waals surface area contributed by atoms with Gasteiger partial charge in [0, 0.05) is 23.4 Å². The second-order valence-corrected chi connectivity index (χ2v) is 8.17. The zero-order valence-electron chi connectivity index (χ0n) is 16.8. The highest BCUT2D eigenvalue weighted by Crippen LogP contribution is 2.25. The minimum atomic E-state index is -0.602. The number of nitrogens with one attached hydrogen (secondary N) is 1. The number of halogens is 2. The van der Waals surface area contributed by atoms with E-state index >= 15 is 0 Å². The van der Waals surface area contributed by atoms with Crippen molar-refractivity contribution in [1.82, 2.24) is 20.3 Å². The van der Waals surface area contributed by atoms with Crippen LogP contribution in [0.2, 0.25) is 5.02 Å². The smallest absolute Gasteiger partial charge is 0.277 e. The average Bonchev–Trinajstić information content (AvgIpc) is 3.42. The zero-order valence-corrected chi connectivity index (χ0v) is 18.4. The summed E-state index contributed by atoms with van der Waals surface area (Å²) in [7, 11) is 0. The maximum absolute atomic E-state index is 13.8.